The van der Waals surface area contributed by atoms with Gasteiger partial charge in [-0.25, -0.2) is 4.98 Å². The third-order valence-electron chi connectivity index (χ3n) is 9.84. The number of aromatic nitrogens is 1. The average Bonchev–Trinajstić information content (AvgIpc) is 3.84. The molecule has 4 heterocycles. The standard InChI is InChI=1S/C45H25NO3/c1-5-13-37-33(11-1)43(45-44(46-37)34-12-4-8-16-40(34)49-45)30-22-28(26-17-19-41-35(24-26)31-9-2-6-14-38(31)47-41)21-29(23-30)27-18-20-42-36(25-27)32-10-3-7-15-39(32)48-42/h1-25H. The number of para-hydroxylation sites is 4. The highest BCUT2D eigenvalue weighted by Gasteiger charge is 2.20. The lowest BCUT2D eigenvalue weighted by molar-refractivity contribution is 0.668. The Labute approximate surface area is 279 Å². The predicted octanol–water partition coefficient (Wildman–Crippen LogP) is 12.9. The van der Waals surface area contributed by atoms with Crippen molar-refractivity contribution in [3.63, 3.8) is 0 Å². The van der Waals surface area contributed by atoms with Gasteiger partial charge in [-0.1, -0.05) is 78.9 Å². The Hall–Kier alpha value is -6.65. The van der Waals surface area contributed by atoms with E-state index in [-0.39, 0.29) is 0 Å². The van der Waals surface area contributed by atoms with Gasteiger partial charge in [0.15, 0.2) is 5.58 Å². The first-order valence-corrected chi connectivity index (χ1v) is 16.4. The molecule has 0 aliphatic rings. The minimum atomic E-state index is 0.788. The van der Waals surface area contributed by atoms with E-state index in [1.165, 1.54) is 0 Å². The van der Waals surface area contributed by atoms with Crippen molar-refractivity contribution in [3.8, 4) is 33.4 Å². The van der Waals surface area contributed by atoms with Crippen LogP contribution in [0.4, 0.5) is 0 Å². The largest absolute Gasteiger partial charge is 0.456 e. The fourth-order valence-corrected chi connectivity index (χ4v) is 7.54. The Bertz CT molecular complexity index is 2990. The van der Waals surface area contributed by atoms with Crippen molar-refractivity contribution in [3.05, 3.63) is 152 Å². The highest BCUT2D eigenvalue weighted by molar-refractivity contribution is 6.16. The molecule has 11 rings (SSSR count). The maximum atomic E-state index is 6.64. The third-order valence-corrected chi connectivity index (χ3v) is 9.84. The van der Waals surface area contributed by atoms with Crippen molar-refractivity contribution >= 4 is 76.8 Å². The summed E-state index contributed by atoms with van der Waals surface area (Å²) < 4.78 is 19.0. The van der Waals surface area contributed by atoms with E-state index < -0.39 is 0 Å². The highest BCUT2D eigenvalue weighted by atomic mass is 16.3. The molecular formula is C45H25NO3. The van der Waals surface area contributed by atoms with E-state index >= 15 is 0 Å². The molecule has 0 amide bonds. The lowest BCUT2D eigenvalue weighted by Gasteiger charge is -2.14. The minimum absolute atomic E-state index is 0.788. The summed E-state index contributed by atoms with van der Waals surface area (Å²) in [6.07, 6.45) is 0. The molecule has 0 bridgehead atoms. The van der Waals surface area contributed by atoms with Crippen LogP contribution in [0.15, 0.2) is 165 Å². The molecular weight excluding hydrogens is 602 g/mol. The Morgan fingerprint density at radius 1 is 0.327 bits per heavy atom. The van der Waals surface area contributed by atoms with Gasteiger partial charge in [0.1, 0.15) is 33.4 Å². The van der Waals surface area contributed by atoms with Gasteiger partial charge in [0.25, 0.3) is 0 Å². The van der Waals surface area contributed by atoms with Gasteiger partial charge in [0.05, 0.1) is 5.52 Å². The zero-order valence-electron chi connectivity index (χ0n) is 26.1. The normalized spacial score (nSPS) is 12.1. The molecule has 0 saturated carbocycles. The van der Waals surface area contributed by atoms with Crippen LogP contribution in [-0.2, 0) is 0 Å². The monoisotopic (exact) mass is 627 g/mol. The number of hydrogen-bond acceptors (Lipinski definition) is 4. The van der Waals surface area contributed by atoms with Crippen LogP contribution in [0.25, 0.3) is 110 Å². The molecule has 0 saturated heterocycles. The van der Waals surface area contributed by atoms with Crippen molar-refractivity contribution in [2.75, 3.05) is 0 Å². The van der Waals surface area contributed by atoms with Crippen LogP contribution in [0.3, 0.4) is 0 Å². The Balaban J connectivity index is 1.22. The van der Waals surface area contributed by atoms with Crippen molar-refractivity contribution in [1.29, 1.82) is 0 Å². The lowest BCUT2D eigenvalue weighted by Crippen LogP contribution is -1.90. The minimum Gasteiger partial charge on any atom is -0.456 e. The van der Waals surface area contributed by atoms with Gasteiger partial charge in [-0.2, -0.15) is 0 Å². The van der Waals surface area contributed by atoms with E-state index in [9.17, 15) is 0 Å². The van der Waals surface area contributed by atoms with Gasteiger partial charge >= 0.3 is 0 Å². The number of pyridine rings is 1. The fourth-order valence-electron chi connectivity index (χ4n) is 7.54. The second kappa shape index (κ2) is 9.93. The fraction of sp³-hybridized carbons (Fsp3) is 0. The van der Waals surface area contributed by atoms with E-state index in [0.717, 1.165) is 110 Å². The van der Waals surface area contributed by atoms with E-state index in [4.69, 9.17) is 18.2 Å². The van der Waals surface area contributed by atoms with Crippen LogP contribution < -0.4 is 0 Å². The summed E-state index contributed by atoms with van der Waals surface area (Å²) >= 11 is 0. The van der Waals surface area contributed by atoms with Crippen LogP contribution in [-0.4, -0.2) is 4.98 Å². The number of nitrogens with zero attached hydrogens (tertiary/aromatic N) is 1. The molecule has 0 aliphatic heterocycles. The van der Waals surface area contributed by atoms with E-state index in [0.29, 0.717) is 0 Å². The van der Waals surface area contributed by atoms with Gasteiger partial charge in [0.2, 0.25) is 0 Å². The van der Waals surface area contributed by atoms with Gasteiger partial charge in [-0.3, -0.25) is 0 Å². The third kappa shape index (κ3) is 3.95. The lowest BCUT2D eigenvalue weighted by atomic mass is 9.91. The number of benzene rings is 7. The second-order valence-electron chi connectivity index (χ2n) is 12.7. The number of furan rings is 3. The van der Waals surface area contributed by atoms with E-state index in [1.807, 2.05) is 48.5 Å². The molecule has 4 nitrogen and oxygen atoms in total. The maximum Gasteiger partial charge on any atom is 0.162 e. The quantitative estimate of drug-likeness (QED) is 0.196. The zero-order valence-corrected chi connectivity index (χ0v) is 26.1. The molecule has 4 heteroatoms. The summed E-state index contributed by atoms with van der Waals surface area (Å²) in [6.45, 7) is 0. The summed E-state index contributed by atoms with van der Waals surface area (Å²) in [7, 11) is 0. The van der Waals surface area contributed by atoms with E-state index in [1.54, 1.807) is 0 Å². The smallest absolute Gasteiger partial charge is 0.162 e. The van der Waals surface area contributed by atoms with Crippen LogP contribution >= 0.6 is 0 Å². The number of hydrogen-bond donors (Lipinski definition) is 0. The van der Waals surface area contributed by atoms with Crippen LogP contribution in [0.2, 0.25) is 0 Å². The van der Waals surface area contributed by atoms with Crippen molar-refractivity contribution in [2.45, 2.75) is 0 Å². The molecule has 0 N–H and O–H groups in total. The molecule has 228 valence electrons. The van der Waals surface area contributed by atoms with Crippen molar-refractivity contribution in [2.24, 2.45) is 0 Å². The molecule has 11 aromatic rings. The summed E-state index contributed by atoms with van der Waals surface area (Å²) in [4.78, 5) is 5.11. The summed E-state index contributed by atoms with van der Waals surface area (Å²) in [5.74, 6) is 0. The molecule has 49 heavy (non-hydrogen) atoms. The molecule has 0 spiro atoms. The Morgan fingerprint density at radius 3 is 1.41 bits per heavy atom. The predicted molar refractivity (Wildman–Crippen MR) is 200 cm³/mol. The SMILES string of the molecule is c1ccc2c(-c3cc(-c4ccc5oc6ccccc6c5c4)cc(-c4ccc5oc6ccccc6c5c4)c3)c3oc4ccccc4c3nc2c1. The molecule has 7 aromatic carbocycles. The molecule has 0 aliphatic carbocycles. The number of rotatable bonds is 3. The van der Waals surface area contributed by atoms with Gasteiger partial charge in [0, 0.05) is 37.9 Å². The van der Waals surface area contributed by atoms with Gasteiger partial charge in [-0.15, -0.1) is 0 Å². The number of fused-ring (bicyclic) bond motifs is 10. The molecule has 0 unspecified atom stereocenters. The van der Waals surface area contributed by atoms with Crippen LogP contribution in [0, 0.1) is 0 Å². The Morgan fingerprint density at radius 2 is 0.796 bits per heavy atom. The molecule has 0 atom stereocenters. The Kier molecular flexibility index (Phi) is 5.35. The summed E-state index contributed by atoms with van der Waals surface area (Å²) in [5.41, 5.74) is 13.5. The summed E-state index contributed by atoms with van der Waals surface area (Å²) in [6, 6.07) is 52.8. The van der Waals surface area contributed by atoms with Crippen molar-refractivity contribution < 1.29 is 13.3 Å². The zero-order chi connectivity index (χ0) is 32.1. The van der Waals surface area contributed by atoms with Gasteiger partial charge in [-0.05, 0) is 101 Å². The first kappa shape index (κ1) is 26.4. The second-order valence-corrected chi connectivity index (χ2v) is 12.7. The average molecular weight is 628 g/mol. The highest BCUT2D eigenvalue weighted by Crippen LogP contribution is 2.43. The summed E-state index contributed by atoms with van der Waals surface area (Å²) in [5, 5.41) is 6.47. The first-order valence-electron chi connectivity index (χ1n) is 16.4. The first-order chi connectivity index (χ1) is 24.2. The topological polar surface area (TPSA) is 52.3 Å². The van der Waals surface area contributed by atoms with E-state index in [2.05, 4.69) is 103 Å². The maximum absolute atomic E-state index is 6.64. The van der Waals surface area contributed by atoms with Crippen LogP contribution in [0.1, 0.15) is 0 Å². The molecule has 0 fully saturated rings. The van der Waals surface area contributed by atoms with Gasteiger partial charge < -0.3 is 13.3 Å². The van der Waals surface area contributed by atoms with Crippen molar-refractivity contribution in [1.82, 2.24) is 4.98 Å². The molecule has 0 radical (unpaired) electrons. The molecule has 4 aromatic heterocycles. The van der Waals surface area contributed by atoms with Crippen LogP contribution in [0.5, 0.6) is 0 Å².